The van der Waals surface area contributed by atoms with Gasteiger partial charge in [0.25, 0.3) is 0 Å². The predicted molar refractivity (Wildman–Crippen MR) is 104 cm³/mol. The van der Waals surface area contributed by atoms with E-state index in [2.05, 4.69) is 55.6 Å². The maximum Gasteiger partial charge on any atom is 0.124 e. The molecule has 0 aliphatic rings. The molecule has 0 aliphatic carbocycles. The lowest BCUT2D eigenvalue weighted by molar-refractivity contribution is 1.26. The average Bonchev–Trinajstić information content (AvgIpc) is 3.23. The number of aromatic nitrogens is 2. The van der Waals surface area contributed by atoms with Crippen molar-refractivity contribution in [3.63, 3.8) is 0 Å². The molecule has 2 nitrogen and oxygen atoms in total. The minimum absolute atomic E-state index is 1.02. The van der Waals surface area contributed by atoms with Crippen molar-refractivity contribution < 1.29 is 0 Å². The quantitative estimate of drug-likeness (QED) is 0.439. The highest BCUT2D eigenvalue weighted by atomic mass is 32.1. The second-order valence-electron chi connectivity index (χ2n) is 5.70. The standard InChI is InChI=1S/C20H16N2S2/c1-13-8-10-16(11-9-13)20-21-14(2)18(24-20)17-12-23-19(22-17)15-6-4-3-5-7-15/h3-12H,1-2H3. The molecule has 4 aromatic rings. The highest BCUT2D eigenvalue weighted by Crippen LogP contribution is 2.37. The number of aryl methyl sites for hydroxylation is 2. The number of nitrogens with zero attached hydrogens (tertiary/aromatic N) is 2. The number of hydrogen-bond acceptors (Lipinski definition) is 4. The summed E-state index contributed by atoms with van der Waals surface area (Å²) >= 11 is 3.39. The number of hydrogen-bond donors (Lipinski definition) is 0. The third kappa shape index (κ3) is 2.90. The maximum atomic E-state index is 4.82. The molecule has 118 valence electrons. The van der Waals surface area contributed by atoms with E-state index in [0.29, 0.717) is 0 Å². The van der Waals surface area contributed by atoms with Crippen LogP contribution in [0.3, 0.4) is 0 Å². The summed E-state index contributed by atoms with van der Waals surface area (Å²) in [7, 11) is 0. The van der Waals surface area contributed by atoms with Gasteiger partial charge in [0.15, 0.2) is 0 Å². The molecule has 2 aromatic heterocycles. The van der Waals surface area contributed by atoms with Crippen molar-refractivity contribution in [3.8, 4) is 31.7 Å². The van der Waals surface area contributed by atoms with E-state index in [9.17, 15) is 0 Å². The van der Waals surface area contributed by atoms with Gasteiger partial charge in [-0.1, -0.05) is 60.2 Å². The molecule has 4 rings (SSSR count). The van der Waals surface area contributed by atoms with Crippen LogP contribution in [0.25, 0.3) is 31.7 Å². The normalized spacial score (nSPS) is 10.9. The summed E-state index contributed by atoms with van der Waals surface area (Å²) in [6, 6.07) is 18.8. The molecule has 0 amide bonds. The first kappa shape index (κ1) is 15.2. The summed E-state index contributed by atoms with van der Waals surface area (Å²) in [5.74, 6) is 0. The molecule has 2 aromatic carbocycles. The van der Waals surface area contributed by atoms with Gasteiger partial charge < -0.3 is 0 Å². The van der Waals surface area contributed by atoms with E-state index < -0.39 is 0 Å². The first-order valence-electron chi connectivity index (χ1n) is 7.76. The first-order valence-corrected chi connectivity index (χ1v) is 9.46. The smallest absolute Gasteiger partial charge is 0.124 e. The molecule has 0 atom stereocenters. The van der Waals surface area contributed by atoms with Crippen LogP contribution in [0, 0.1) is 13.8 Å². The van der Waals surface area contributed by atoms with Gasteiger partial charge in [-0.3, -0.25) is 0 Å². The lowest BCUT2D eigenvalue weighted by Crippen LogP contribution is -1.80. The third-order valence-corrected chi connectivity index (χ3v) is 5.97. The van der Waals surface area contributed by atoms with Gasteiger partial charge in [-0.15, -0.1) is 22.7 Å². The molecule has 0 N–H and O–H groups in total. The monoisotopic (exact) mass is 348 g/mol. The van der Waals surface area contributed by atoms with E-state index in [4.69, 9.17) is 9.97 Å². The fourth-order valence-corrected chi connectivity index (χ4v) is 4.47. The van der Waals surface area contributed by atoms with Gasteiger partial charge in [0.2, 0.25) is 0 Å². The second-order valence-corrected chi connectivity index (χ2v) is 7.56. The van der Waals surface area contributed by atoms with Crippen molar-refractivity contribution in [1.29, 1.82) is 0 Å². The minimum Gasteiger partial charge on any atom is -0.241 e. The van der Waals surface area contributed by atoms with Crippen LogP contribution in [0.15, 0.2) is 60.0 Å². The Morgan fingerprint density at radius 1 is 0.750 bits per heavy atom. The highest BCUT2D eigenvalue weighted by Gasteiger charge is 2.14. The third-order valence-electron chi connectivity index (χ3n) is 3.85. The molecule has 0 unspecified atom stereocenters. The molecule has 0 spiro atoms. The Morgan fingerprint density at radius 2 is 1.46 bits per heavy atom. The highest BCUT2D eigenvalue weighted by molar-refractivity contribution is 7.19. The molecule has 0 saturated heterocycles. The maximum absolute atomic E-state index is 4.82. The van der Waals surface area contributed by atoms with Crippen molar-refractivity contribution in [2.45, 2.75) is 13.8 Å². The van der Waals surface area contributed by atoms with Gasteiger partial charge in [0.05, 0.1) is 16.3 Å². The van der Waals surface area contributed by atoms with Crippen LogP contribution in [0.1, 0.15) is 11.3 Å². The minimum atomic E-state index is 1.02. The van der Waals surface area contributed by atoms with Gasteiger partial charge >= 0.3 is 0 Å². The van der Waals surface area contributed by atoms with E-state index >= 15 is 0 Å². The Morgan fingerprint density at radius 3 is 2.21 bits per heavy atom. The molecule has 0 bridgehead atoms. The fourth-order valence-electron chi connectivity index (χ4n) is 2.55. The lowest BCUT2D eigenvalue weighted by Gasteiger charge is -1.96. The van der Waals surface area contributed by atoms with Gasteiger partial charge in [-0.05, 0) is 13.8 Å². The topological polar surface area (TPSA) is 25.8 Å². The molecular weight excluding hydrogens is 332 g/mol. The molecule has 24 heavy (non-hydrogen) atoms. The van der Waals surface area contributed by atoms with Crippen molar-refractivity contribution in [2.24, 2.45) is 0 Å². The Balaban J connectivity index is 1.70. The van der Waals surface area contributed by atoms with Gasteiger partial charge in [0.1, 0.15) is 10.0 Å². The Bertz CT molecular complexity index is 967. The summed E-state index contributed by atoms with van der Waals surface area (Å²) in [6.07, 6.45) is 0. The Labute approximate surface area is 149 Å². The predicted octanol–water partition coefficient (Wildman–Crippen LogP) is 6.22. The molecule has 0 aliphatic heterocycles. The van der Waals surface area contributed by atoms with Crippen molar-refractivity contribution >= 4 is 22.7 Å². The lowest BCUT2D eigenvalue weighted by atomic mass is 10.2. The van der Waals surface area contributed by atoms with Crippen molar-refractivity contribution in [3.05, 3.63) is 71.2 Å². The van der Waals surface area contributed by atoms with E-state index in [1.807, 2.05) is 18.2 Å². The first-order chi connectivity index (χ1) is 11.7. The van der Waals surface area contributed by atoms with Crippen LogP contribution in [-0.2, 0) is 0 Å². The Hall–Kier alpha value is -2.30. The zero-order valence-electron chi connectivity index (χ0n) is 13.5. The Kier molecular flexibility index (Phi) is 4.00. The number of rotatable bonds is 3. The van der Waals surface area contributed by atoms with Gasteiger partial charge in [-0.25, -0.2) is 9.97 Å². The van der Waals surface area contributed by atoms with E-state index in [0.717, 1.165) is 31.8 Å². The van der Waals surface area contributed by atoms with Gasteiger partial charge in [-0.2, -0.15) is 0 Å². The molecule has 0 saturated carbocycles. The fraction of sp³-hybridized carbons (Fsp3) is 0.100. The van der Waals surface area contributed by atoms with Crippen molar-refractivity contribution in [2.75, 3.05) is 0 Å². The average molecular weight is 348 g/mol. The zero-order chi connectivity index (χ0) is 16.5. The molecule has 0 radical (unpaired) electrons. The summed E-state index contributed by atoms with van der Waals surface area (Å²) in [4.78, 5) is 10.7. The largest absolute Gasteiger partial charge is 0.241 e. The van der Waals surface area contributed by atoms with Crippen LogP contribution in [-0.4, -0.2) is 9.97 Å². The molecular formula is C20H16N2S2. The summed E-state index contributed by atoms with van der Waals surface area (Å²) in [5, 5.41) is 4.23. The van der Waals surface area contributed by atoms with Gasteiger partial charge in [0, 0.05) is 16.5 Å². The van der Waals surface area contributed by atoms with Crippen LogP contribution >= 0.6 is 22.7 Å². The van der Waals surface area contributed by atoms with Crippen molar-refractivity contribution in [1.82, 2.24) is 9.97 Å². The summed E-state index contributed by atoms with van der Waals surface area (Å²) in [5.41, 5.74) is 5.65. The zero-order valence-corrected chi connectivity index (χ0v) is 15.1. The number of thiazole rings is 2. The SMILES string of the molecule is Cc1ccc(-c2nc(C)c(-c3csc(-c4ccccc4)n3)s2)cc1. The van der Waals surface area contributed by atoms with E-state index in [1.165, 1.54) is 11.1 Å². The van der Waals surface area contributed by atoms with Crippen LogP contribution in [0.5, 0.6) is 0 Å². The molecule has 4 heteroatoms. The van der Waals surface area contributed by atoms with E-state index in [-0.39, 0.29) is 0 Å². The van der Waals surface area contributed by atoms with E-state index in [1.54, 1.807) is 22.7 Å². The number of benzene rings is 2. The second kappa shape index (κ2) is 6.30. The van der Waals surface area contributed by atoms with Crippen LogP contribution in [0.2, 0.25) is 0 Å². The summed E-state index contributed by atoms with van der Waals surface area (Å²) in [6.45, 7) is 4.16. The molecule has 0 fully saturated rings. The van der Waals surface area contributed by atoms with Crippen LogP contribution in [0.4, 0.5) is 0 Å². The summed E-state index contributed by atoms with van der Waals surface area (Å²) < 4.78 is 0. The molecule has 2 heterocycles. The van der Waals surface area contributed by atoms with Crippen LogP contribution < -0.4 is 0 Å².